The van der Waals surface area contributed by atoms with Gasteiger partial charge in [0.1, 0.15) is 6.10 Å². The zero-order chi connectivity index (χ0) is 8.20. The molecule has 4 N–H and O–H groups in total. The fourth-order valence-corrected chi connectivity index (χ4v) is 0.173. The smallest absolute Gasteiger partial charge is 0.394 e. The number of hydrogen-bond donors (Lipinski definition) is 4. The third-order valence-corrected chi connectivity index (χ3v) is 0.606. The van der Waals surface area contributed by atoms with E-state index in [2.05, 4.69) is 4.74 Å². The van der Waals surface area contributed by atoms with E-state index in [1.54, 1.807) is 0 Å². The molecule has 1 heterocycles. The molecule has 1 unspecified atom stereocenters. The maximum atomic E-state index is 8.88. The van der Waals surface area contributed by atoms with Crippen LogP contribution in [-0.4, -0.2) is 39.1 Å². The molecule has 1 rings (SSSR count). The van der Waals surface area contributed by atoms with E-state index >= 15 is 0 Å². The van der Waals surface area contributed by atoms with E-state index in [4.69, 9.17) is 24.4 Å². The van der Waals surface area contributed by atoms with E-state index in [1.165, 1.54) is 0 Å². The van der Waals surface area contributed by atoms with Gasteiger partial charge in [0, 0.05) is 0 Å². The van der Waals surface area contributed by atoms with E-state index in [9.17, 15) is 0 Å². The van der Waals surface area contributed by atoms with Gasteiger partial charge in [0.05, 0.1) is 13.2 Å². The lowest BCUT2D eigenvalue weighted by molar-refractivity contribution is 0.244. The quantitative estimate of drug-likeness (QED) is 0.281. The minimum atomic E-state index is -4.64. The van der Waals surface area contributed by atoms with Gasteiger partial charge in [0.2, 0.25) is 0 Å². The van der Waals surface area contributed by atoms with Crippen molar-refractivity contribution in [2.75, 3.05) is 13.2 Å². The summed E-state index contributed by atoms with van der Waals surface area (Å²) in [4.78, 5) is 21.6. The standard InChI is InChI=1S/C3H6O2.H3O4P/c4-1-3-2-5-3;1-5(2,3)4/h3-4H,1-2H2;(H3,1,2,3,4). The highest BCUT2D eigenvalue weighted by Gasteiger charge is 2.19. The monoisotopic (exact) mass is 172 g/mol. The Morgan fingerprint density at radius 1 is 1.50 bits per heavy atom. The van der Waals surface area contributed by atoms with E-state index in [0.717, 1.165) is 6.61 Å². The molecule has 7 heteroatoms. The highest BCUT2D eigenvalue weighted by molar-refractivity contribution is 7.45. The second kappa shape index (κ2) is 4.02. The van der Waals surface area contributed by atoms with Gasteiger partial charge < -0.3 is 24.5 Å². The van der Waals surface area contributed by atoms with Crippen LogP contribution in [0.3, 0.4) is 0 Å². The summed E-state index contributed by atoms with van der Waals surface area (Å²) in [6.07, 6.45) is 0.190. The Morgan fingerprint density at radius 3 is 1.80 bits per heavy atom. The van der Waals surface area contributed by atoms with Crippen LogP contribution in [0.4, 0.5) is 0 Å². The summed E-state index contributed by atoms with van der Waals surface area (Å²) in [5, 5.41) is 8.08. The molecule has 0 aromatic carbocycles. The third-order valence-electron chi connectivity index (χ3n) is 0.606. The summed E-state index contributed by atoms with van der Waals surface area (Å²) in [6, 6.07) is 0. The van der Waals surface area contributed by atoms with Crippen LogP contribution < -0.4 is 0 Å². The lowest BCUT2D eigenvalue weighted by Gasteiger charge is -1.82. The number of epoxide rings is 1. The normalized spacial score (nSPS) is 23.0. The minimum absolute atomic E-state index is 0.190. The summed E-state index contributed by atoms with van der Waals surface area (Å²) < 4.78 is 13.5. The Kier molecular flexibility index (Phi) is 4.04. The van der Waals surface area contributed by atoms with Gasteiger partial charge in [0.25, 0.3) is 0 Å². The molecule has 0 aromatic heterocycles. The Balaban J connectivity index is 0.000000162. The number of rotatable bonds is 1. The molecule has 1 aliphatic heterocycles. The molecule has 1 saturated heterocycles. The summed E-state index contributed by atoms with van der Waals surface area (Å²) in [7, 11) is -4.64. The molecule has 1 atom stereocenters. The van der Waals surface area contributed by atoms with Crippen molar-refractivity contribution >= 4 is 7.82 Å². The predicted octanol–water partition coefficient (Wildman–Crippen LogP) is -1.55. The van der Waals surface area contributed by atoms with E-state index in [1.807, 2.05) is 0 Å². The van der Waals surface area contributed by atoms with Crippen molar-refractivity contribution in [1.29, 1.82) is 0 Å². The molecule has 6 nitrogen and oxygen atoms in total. The topological polar surface area (TPSA) is 111 Å². The second-order valence-electron chi connectivity index (χ2n) is 1.65. The molecule has 1 fully saturated rings. The highest BCUT2D eigenvalue weighted by atomic mass is 31.2. The molecule has 10 heavy (non-hydrogen) atoms. The third kappa shape index (κ3) is 15.7. The molecular weight excluding hydrogens is 163 g/mol. The average molecular weight is 172 g/mol. The van der Waals surface area contributed by atoms with Gasteiger partial charge in [-0.25, -0.2) is 4.57 Å². The van der Waals surface area contributed by atoms with Gasteiger partial charge >= 0.3 is 7.82 Å². The molecule has 0 amide bonds. The fourth-order valence-electron chi connectivity index (χ4n) is 0.173. The van der Waals surface area contributed by atoms with Crippen molar-refractivity contribution in [3.8, 4) is 0 Å². The average Bonchev–Trinajstić information content (AvgIpc) is 2.39. The Labute approximate surface area is 57.3 Å². The molecule has 0 spiro atoms. The molecule has 1 aliphatic rings. The predicted molar refractivity (Wildman–Crippen MR) is 31.1 cm³/mol. The summed E-state index contributed by atoms with van der Waals surface area (Å²) in [5.74, 6) is 0. The first-order valence-corrected chi connectivity index (χ1v) is 4.00. The first kappa shape index (κ1) is 10.0. The van der Waals surface area contributed by atoms with Crippen LogP contribution in [0.2, 0.25) is 0 Å². The fraction of sp³-hybridized carbons (Fsp3) is 1.00. The van der Waals surface area contributed by atoms with Crippen molar-refractivity contribution in [3.63, 3.8) is 0 Å². The van der Waals surface area contributed by atoms with Crippen molar-refractivity contribution in [3.05, 3.63) is 0 Å². The molecule has 0 radical (unpaired) electrons. The molecular formula is C3H9O6P. The second-order valence-corrected chi connectivity index (χ2v) is 2.68. The van der Waals surface area contributed by atoms with Crippen LogP contribution in [0, 0.1) is 0 Å². The van der Waals surface area contributed by atoms with Crippen molar-refractivity contribution in [2.45, 2.75) is 6.10 Å². The first-order valence-electron chi connectivity index (χ1n) is 2.44. The lowest BCUT2D eigenvalue weighted by atomic mass is 10.5. The summed E-state index contributed by atoms with van der Waals surface area (Å²) in [5.41, 5.74) is 0. The first-order chi connectivity index (χ1) is 4.43. The number of phosphoric acid groups is 1. The molecule has 0 saturated carbocycles. The van der Waals surface area contributed by atoms with Crippen LogP contribution in [0.5, 0.6) is 0 Å². The minimum Gasteiger partial charge on any atom is -0.394 e. The SMILES string of the molecule is O=P(O)(O)O.OCC1CO1. The van der Waals surface area contributed by atoms with Gasteiger partial charge in [-0.1, -0.05) is 0 Å². The van der Waals surface area contributed by atoms with E-state index < -0.39 is 7.82 Å². The molecule has 0 aromatic rings. The van der Waals surface area contributed by atoms with Crippen molar-refractivity contribution in [1.82, 2.24) is 0 Å². The van der Waals surface area contributed by atoms with Crippen molar-refractivity contribution in [2.24, 2.45) is 0 Å². The number of hydrogen-bond acceptors (Lipinski definition) is 3. The van der Waals surface area contributed by atoms with Crippen LogP contribution >= 0.6 is 7.82 Å². The zero-order valence-corrected chi connectivity index (χ0v) is 5.94. The van der Waals surface area contributed by atoms with Crippen LogP contribution in [-0.2, 0) is 9.30 Å². The van der Waals surface area contributed by atoms with Gasteiger partial charge in [-0.3, -0.25) is 0 Å². The van der Waals surface area contributed by atoms with Crippen molar-refractivity contribution < 1.29 is 29.1 Å². The van der Waals surface area contributed by atoms with Gasteiger partial charge in [0.15, 0.2) is 0 Å². The number of aliphatic hydroxyl groups excluding tert-OH is 1. The van der Waals surface area contributed by atoms with Crippen LogP contribution in [0.25, 0.3) is 0 Å². The van der Waals surface area contributed by atoms with Crippen LogP contribution in [0.1, 0.15) is 0 Å². The Bertz CT molecular complexity index is 117. The number of aliphatic hydroxyl groups is 1. The van der Waals surface area contributed by atoms with Crippen LogP contribution in [0.15, 0.2) is 0 Å². The lowest BCUT2D eigenvalue weighted by Crippen LogP contribution is -1.88. The van der Waals surface area contributed by atoms with Gasteiger partial charge in [-0.05, 0) is 0 Å². The molecule has 0 bridgehead atoms. The highest BCUT2D eigenvalue weighted by Crippen LogP contribution is 2.25. The molecule has 62 valence electrons. The maximum absolute atomic E-state index is 8.88. The Hall–Kier alpha value is 0.0300. The Morgan fingerprint density at radius 2 is 1.80 bits per heavy atom. The van der Waals surface area contributed by atoms with Gasteiger partial charge in [-0.15, -0.1) is 0 Å². The summed E-state index contributed by atoms with van der Waals surface area (Å²) >= 11 is 0. The summed E-state index contributed by atoms with van der Waals surface area (Å²) in [6.45, 7) is 0.955. The van der Waals surface area contributed by atoms with Gasteiger partial charge in [-0.2, -0.15) is 0 Å². The van der Waals surface area contributed by atoms with E-state index in [-0.39, 0.29) is 12.7 Å². The molecule has 0 aliphatic carbocycles. The maximum Gasteiger partial charge on any atom is 0.466 e. The zero-order valence-electron chi connectivity index (χ0n) is 5.04. The number of ether oxygens (including phenoxy) is 1. The van der Waals surface area contributed by atoms with E-state index in [0.29, 0.717) is 0 Å². The largest absolute Gasteiger partial charge is 0.466 e.